The minimum absolute atomic E-state index is 0.193. The van der Waals surface area contributed by atoms with Crippen molar-refractivity contribution in [3.63, 3.8) is 0 Å². The molecule has 1 aromatic rings. The quantitative estimate of drug-likeness (QED) is 0.753. The Hall–Kier alpha value is -1.89. The Kier molecular flexibility index (Phi) is 5.11. The SMILES string of the molecule is CNc1ccnc(NCC2CC(=O)N(CCOC)C2)n1. The van der Waals surface area contributed by atoms with Crippen molar-refractivity contribution in [2.45, 2.75) is 6.42 Å². The molecule has 7 nitrogen and oxygen atoms in total. The van der Waals surface area contributed by atoms with Crippen molar-refractivity contribution in [1.82, 2.24) is 14.9 Å². The van der Waals surface area contributed by atoms with Crippen LogP contribution in [0.15, 0.2) is 12.3 Å². The van der Waals surface area contributed by atoms with Crippen LogP contribution in [0.3, 0.4) is 0 Å². The van der Waals surface area contributed by atoms with Crippen molar-refractivity contribution in [3.8, 4) is 0 Å². The standard InChI is InChI=1S/C13H21N5O2/c1-14-11-3-4-15-13(17-11)16-8-10-7-12(19)18(9-10)5-6-20-2/h3-4,10H,5-9H2,1-2H3,(H2,14,15,16,17). The van der Waals surface area contributed by atoms with Gasteiger partial charge in [0.2, 0.25) is 11.9 Å². The summed E-state index contributed by atoms with van der Waals surface area (Å²) in [7, 11) is 3.46. The minimum atomic E-state index is 0.193. The van der Waals surface area contributed by atoms with E-state index in [2.05, 4.69) is 20.6 Å². The highest BCUT2D eigenvalue weighted by Crippen LogP contribution is 2.17. The third-order valence-electron chi connectivity index (χ3n) is 3.32. The Bertz CT molecular complexity index is 454. The number of carbonyl (C=O) groups is 1. The van der Waals surface area contributed by atoms with Gasteiger partial charge in [-0.3, -0.25) is 4.79 Å². The van der Waals surface area contributed by atoms with E-state index in [1.165, 1.54) is 0 Å². The van der Waals surface area contributed by atoms with E-state index in [1.807, 2.05) is 11.9 Å². The van der Waals surface area contributed by atoms with E-state index in [1.54, 1.807) is 19.4 Å². The number of methoxy groups -OCH3 is 1. The Morgan fingerprint density at radius 3 is 3.15 bits per heavy atom. The van der Waals surface area contributed by atoms with Crippen molar-refractivity contribution in [1.29, 1.82) is 0 Å². The maximum atomic E-state index is 11.8. The van der Waals surface area contributed by atoms with E-state index < -0.39 is 0 Å². The first-order valence-corrected chi connectivity index (χ1v) is 6.74. The fraction of sp³-hybridized carbons (Fsp3) is 0.615. The lowest BCUT2D eigenvalue weighted by Crippen LogP contribution is -2.29. The molecule has 0 saturated carbocycles. The predicted molar refractivity (Wildman–Crippen MR) is 76.6 cm³/mol. The van der Waals surface area contributed by atoms with Gasteiger partial charge in [-0.05, 0) is 6.07 Å². The highest BCUT2D eigenvalue weighted by molar-refractivity contribution is 5.78. The second-order valence-corrected chi connectivity index (χ2v) is 4.80. The summed E-state index contributed by atoms with van der Waals surface area (Å²) in [5, 5.41) is 6.15. The molecule has 1 amide bonds. The topological polar surface area (TPSA) is 79.4 Å². The van der Waals surface area contributed by atoms with Gasteiger partial charge in [-0.2, -0.15) is 4.98 Å². The largest absolute Gasteiger partial charge is 0.383 e. The van der Waals surface area contributed by atoms with Gasteiger partial charge in [0.15, 0.2) is 0 Å². The van der Waals surface area contributed by atoms with E-state index >= 15 is 0 Å². The lowest BCUT2D eigenvalue weighted by atomic mass is 10.1. The van der Waals surface area contributed by atoms with Gasteiger partial charge < -0.3 is 20.3 Å². The number of hydrogen-bond acceptors (Lipinski definition) is 6. The Morgan fingerprint density at radius 2 is 2.40 bits per heavy atom. The molecule has 0 bridgehead atoms. The summed E-state index contributed by atoms with van der Waals surface area (Å²) in [6.45, 7) is 2.71. The number of nitrogens with one attached hydrogen (secondary N) is 2. The molecule has 1 aromatic heterocycles. The number of anilines is 2. The number of likely N-dealkylation sites (tertiary alicyclic amines) is 1. The van der Waals surface area contributed by atoms with Crippen LogP contribution in [0.5, 0.6) is 0 Å². The summed E-state index contributed by atoms with van der Waals surface area (Å²) in [5.74, 6) is 1.84. The number of nitrogens with zero attached hydrogens (tertiary/aromatic N) is 3. The van der Waals surface area contributed by atoms with Crippen LogP contribution < -0.4 is 10.6 Å². The lowest BCUT2D eigenvalue weighted by Gasteiger charge is -2.16. The van der Waals surface area contributed by atoms with Crippen LogP contribution in [0, 0.1) is 5.92 Å². The fourth-order valence-electron chi connectivity index (χ4n) is 2.23. The monoisotopic (exact) mass is 279 g/mol. The van der Waals surface area contributed by atoms with Crippen molar-refractivity contribution in [2.24, 2.45) is 5.92 Å². The highest BCUT2D eigenvalue weighted by Gasteiger charge is 2.28. The Morgan fingerprint density at radius 1 is 1.55 bits per heavy atom. The molecule has 0 aromatic carbocycles. The molecule has 110 valence electrons. The average Bonchev–Trinajstić information content (AvgIpc) is 2.83. The zero-order valence-electron chi connectivity index (χ0n) is 11.9. The van der Waals surface area contributed by atoms with Crippen LogP contribution in [-0.2, 0) is 9.53 Å². The van der Waals surface area contributed by atoms with E-state index in [4.69, 9.17) is 4.74 Å². The first kappa shape index (κ1) is 14.5. The van der Waals surface area contributed by atoms with Gasteiger partial charge in [0.1, 0.15) is 5.82 Å². The molecule has 2 rings (SSSR count). The lowest BCUT2D eigenvalue weighted by molar-refractivity contribution is -0.128. The van der Waals surface area contributed by atoms with Gasteiger partial charge in [-0.25, -0.2) is 4.98 Å². The summed E-state index contributed by atoms with van der Waals surface area (Å²) < 4.78 is 5.01. The maximum Gasteiger partial charge on any atom is 0.224 e. The molecule has 1 fully saturated rings. The normalized spacial score (nSPS) is 18.4. The summed E-state index contributed by atoms with van der Waals surface area (Å²) in [6.07, 6.45) is 2.27. The second kappa shape index (κ2) is 7.04. The van der Waals surface area contributed by atoms with Crippen LogP contribution >= 0.6 is 0 Å². The number of amides is 1. The molecule has 0 aliphatic carbocycles. The number of carbonyl (C=O) groups excluding carboxylic acids is 1. The van der Waals surface area contributed by atoms with Crippen molar-refractivity contribution in [3.05, 3.63) is 12.3 Å². The maximum absolute atomic E-state index is 11.8. The summed E-state index contributed by atoms with van der Waals surface area (Å²) in [6, 6.07) is 1.80. The predicted octanol–water partition coefficient (Wildman–Crippen LogP) is 0.425. The molecule has 0 spiro atoms. The number of hydrogen-bond donors (Lipinski definition) is 2. The molecular formula is C13H21N5O2. The van der Waals surface area contributed by atoms with Crippen molar-refractivity contribution < 1.29 is 9.53 Å². The smallest absolute Gasteiger partial charge is 0.224 e. The van der Waals surface area contributed by atoms with Gasteiger partial charge >= 0.3 is 0 Å². The van der Waals surface area contributed by atoms with Gasteiger partial charge in [0, 0.05) is 52.3 Å². The molecule has 2 N–H and O–H groups in total. The third kappa shape index (κ3) is 3.80. The molecule has 1 unspecified atom stereocenters. The Balaban J connectivity index is 1.81. The summed E-state index contributed by atoms with van der Waals surface area (Å²) >= 11 is 0. The Labute approximate surface area is 118 Å². The van der Waals surface area contributed by atoms with Crippen LogP contribution in [0.2, 0.25) is 0 Å². The third-order valence-corrected chi connectivity index (χ3v) is 3.32. The van der Waals surface area contributed by atoms with E-state index in [-0.39, 0.29) is 5.91 Å². The highest BCUT2D eigenvalue weighted by atomic mass is 16.5. The van der Waals surface area contributed by atoms with Crippen LogP contribution in [0.1, 0.15) is 6.42 Å². The minimum Gasteiger partial charge on any atom is -0.383 e. The molecule has 1 saturated heterocycles. The molecule has 0 radical (unpaired) electrons. The zero-order valence-corrected chi connectivity index (χ0v) is 11.9. The van der Waals surface area contributed by atoms with E-state index in [0.717, 1.165) is 12.4 Å². The first-order chi connectivity index (χ1) is 9.72. The second-order valence-electron chi connectivity index (χ2n) is 4.80. The van der Waals surface area contributed by atoms with Crippen LogP contribution in [-0.4, -0.2) is 61.2 Å². The number of ether oxygens (including phenoxy) is 1. The van der Waals surface area contributed by atoms with E-state index in [9.17, 15) is 4.79 Å². The molecular weight excluding hydrogens is 258 g/mol. The molecule has 1 aliphatic rings. The molecule has 1 atom stereocenters. The van der Waals surface area contributed by atoms with Crippen molar-refractivity contribution >= 4 is 17.7 Å². The summed E-state index contributed by atoms with van der Waals surface area (Å²) in [5.41, 5.74) is 0. The molecule has 2 heterocycles. The van der Waals surface area contributed by atoms with Gasteiger partial charge in [0.05, 0.1) is 6.61 Å². The summed E-state index contributed by atoms with van der Waals surface area (Å²) in [4.78, 5) is 22.1. The first-order valence-electron chi connectivity index (χ1n) is 6.74. The van der Waals surface area contributed by atoms with Gasteiger partial charge in [-0.15, -0.1) is 0 Å². The molecule has 20 heavy (non-hydrogen) atoms. The van der Waals surface area contributed by atoms with E-state index in [0.29, 0.717) is 38.0 Å². The van der Waals surface area contributed by atoms with Crippen LogP contribution in [0.4, 0.5) is 11.8 Å². The average molecular weight is 279 g/mol. The van der Waals surface area contributed by atoms with Gasteiger partial charge in [-0.1, -0.05) is 0 Å². The zero-order chi connectivity index (χ0) is 14.4. The fourth-order valence-corrected chi connectivity index (χ4v) is 2.23. The number of aromatic nitrogens is 2. The molecule has 1 aliphatic heterocycles. The molecule has 7 heteroatoms. The number of rotatable bonds is 7. The van der Waals surface area contributed by atoms with Gasteiger partial charge in [0.25, 0.3) is 0 Å². The van der Waals surface area contributed by atoms with Crippen molar-refractivity contribution in [2.75, 3.05) is 51.0 Å². The van der Waals surface area contributed by atoms with Crippen LogP contribution in [0.25, 0.3) is 0 Å².